The van der Waals surface area contributed by atoms with E-state index in [2.05, 4.69) is 4.98 Å². The van der Waals surface area contributed by atoms with Gasteiger partial charge in [0.1, 0.15) is 9.75 Å². The van der Waals surface area contributed by atoms with Crippen LogP contribution in [0.3, 0.4) is 0 Å². The molecule has 1 saturated carbocycles. The highest BCUT2D eigenvalue weighted by Crippen LogP contribution is 2.48. The first-order valence-corrected chi connectivity index (χ1v) is 11.0. The molecule has 9 heteroatoms. The summed E-state index contributed by atoms with van der Waals surface area (Å²) >= 11 is 1.31. The van der Waals surface area contributed by atoms with Crippen LogP contribution in [0.4, 0.5) is 13.2 Å². The number of carbonyl (C=O) groups excluding carboxylic acids is 1. The number of nitrogens with zero attached hydrogens (tertiary/aromatic N) is 1. The maximum atomic E-state index is 13.0. The molecule has 0 atom stereocenters. The molecule has 1 aliphatic carbocycles. The van der Waals surface area contributed by atoms with Crippen LogP contribution in [0.5, 0.6) is 0 Å². The van der Waals surface area contributed by atoms with Crippen molar-refractivity contribution >= 4 is 27.0 Å². The summed E-state index contributed by atoms with van der Waals surface area (Å²) in [7, 11) is -4.07. The zero-order chi connectivity index (χ0) is 21.0. The van der Waals surface area contributed by atoms with E-state index in [1.165, 1.54) is 11.3 Å². The van der Waals surface area contributed by atoms with Gasteiger partial charge in [0.05, 0.1) is 22.6 Å². The van der Waals surface area contributed by atoms with Gasteiger partial charge in [0.15, 0.2) is 15.6 Å². The summed E-state index contributed by atoms with van der Waals surface area (Å²) in [6.45, 7) is 5.97. The van der Waals surface area contributed by atoms with Crippen molar-refractivity contribution in [2.24, 2.45) is 0 Å². The molecule has 0 spiro atoms. The number of halogens is 3. The topological polar surface area (TPSA) is 64.1 Å². The third-order valence-corrected chi connectivity index (χ3v) is 8.26. The molecule has 0 saturated heterocycles. The van der Waals surface area contributed by atoms with E-state index in [1.54, 1.807) is 0 Å². The highest BCUT2D eigenvalue weighted by atomic mass is 32.2. The van der Waals surface area contributed by atoms with E-state index in [1.807, 2.05) is 26.2 Å². The SMILES string of the molecule is CC(C)(C)c1csc(CC(=O)C2(S(=O)(=O)c3ccc(C(F)(F)F)cc3)CC2)n1. The predicted molar refractivity (Wildman–Crippen MR) is 100 cm³/mol. The van der Waals surface area contributed by atoms with E-state index in [-0.39, 0.29) is 29.6 Å². The molecular weight excluding hydrogens is 411 g/mol. The Bertz CT molecular complexity index is 996. The van der Waals surface area contributed by atoms with Crippen LogP contribution in [-0.4, -0.2) is 23.9 Å². The molecule has 28 heavy (non-hydrogen) atoms. The standard InChI is InChI=1S/C19H20F3NO3S2/c1-17(2,3)14-11-27-16(23-14)10-15(24)18(8-9-18)28(25,26)13-6-4-12(5-7-13)19(20,21)22/h4-7,11H,8-10H2,1-3H3. The van der Waals surface area contributed by atoms with Crippen LogP contribution in [0.25, 0.3) is 0 Å². The van der Waals surface area contributed by atoms with Gasteiger partial charge in [-0.15, -0.1) is 11.3 Å². The fourth-order valence-corrected chi connectivity index (χ4v) is 5.87. The minimum absolute atomic E-state index is 0.0966. The molecule has 1 fully saturated rings. The van der Waals surface area contributed by atoms with Crippen LogP contribution in [0.15, 0.2) is 34.5 Å². The first kappa shape index (κ1) is 21.0. The lowest BCUT2D eigenvalue weighted by Gasteiger charge is -2.16. The summed E-state index contributed by atoms with van der Waals surface area (Å²) in [6.07, 6.45) is -4.30. The van der Waals surface area contributed by atoms with Gasteiger partial charge in [-0.2, -0.15) is 13.2 Å². The van der Waals surface area contributed by atoms with Crippen LogP contribution in [-0.2, 0) is 32.6 Å². The number of hydrogen-bond acceptors (Lipinski definition) is 5. The second kappa shape index (κ2) is 6.66. The van der Waals surface area contributed by atoms with Crippen molar-refractivity contribution in [1.82, 2.24) is 4.98 Å². The zero-order valence-corrected chi connectivity index (χ0v) is 17.3. The van der Waals surface area contributed by atoms with Crippen molar-refractivity contribution < 1.29 is 26.4 Å². The summed E-state index contributed by atoms with van der Waals surface area (Å²) in [5, 5.41) is 2.40. The fraction of sp³-hybridized carbons (Fsp3) is 0.474. The molecule has 0 N–H and O–H groups in total. The molecule has 1 aromatic heterocycles. The van der Waals surface area contributed by atoms with Gasteiger partial charge < -0.3 is 0 Å². The lowest BCUT2D eigenvalue weighted by molar-refractivity contribution is -0.137. The van der Waals surface area contributed by atoms with Gasteiger partial charge >= 0.3 is 6.18 Å². The van der Waals surface area contributed by atoms with Crippen molar-refractivity contribution in [2.45, 2.75) is 61.3 Å². The summed E-state index contributed by atoms with van der Waals surface area (Å²) in [4.78, 5) is 17.0. The molecule has 152 valence electrons. The molecule has 1 aliphatic rings. The Hall–Kier alpha value is -1.74. The summed E-state index contributed by atoms with van der Waals surface area (Å²) in [6, 6.07) is 3.30. The number of sulfone groups is 1. The highest BCUT2D eigenvalue weighted by Gasteiger charge is 2.60. The average molecular weight is 432 g/mol. The fourth-order valence-electron chi connectivity index (χ4n) is 2.89. The van der Waals surface area contributed by atoms with E-state index in [0.717, 1.165) is 30.0 Å². The Kier molecular flexibility index (Phi) is 4.99. The average Bonchev–Trinajstić information content (AvgIpc) is 3.28. The van der Waals surface area contributed by atoms with Gasteiger partial charge in [0, 0.05) is 10.8 Å². The van der Waals surface area contributed by atoms with E-state index in [9.17, 15) is 26.4 Å². The molecule has 0 amide bonds. The highest BCUT2D eigenvalue weighted by molar-refractivity contribution is 7.94. The quantitative estimate of drug-likeness (QED) is 0.695. The van der Waals surface area contributed by atoms with Crippen molar-refractivity contribution in [1.29, 1.82) is 0 Å². The maximum absolute atomic E-state index is 13.0. The van der Waals surface area contributed by atoms with Crippen LogP contribution >= 0.6 is 11.3 Å². The first-order chi connectivity index (χ1) is 12.8. The molecule has 4 nitrogen and oxygen atoms in total. The molecule has 0 aliphatic heterocycles. The van der Waals surface area contributed by atoms with Gasteiger partial charge in [-0.1, -0.05) is 20.8 Å². The van der Waals surface area contributed by atoms with Gasteiger partial charge in [0.25, 0.3) is 0 Å². The Morgan fingerprint density at radius 1 is 1.14 bits per heavy atom. The smallest absolute Gasteiger partial charge is 0.297 e. The third-order valence-electron chi connectivity index (χ3n) is 4.85. The number of Topliss-reactive ketones (excluding diaryl/α,β-unsaturated/α-hetero) is 1. The second-order valence-electron chi connectivity index (χ2n) is 8.00. The molecule has 0 bridgehead atoms. The molecule has 0 unspecified atom stereocenters. The summed E-state index contributed by atoms with van der Waals surface area (Å²) < 4.78 is 62.5. The van der Waals surface area contributed by atoms with E-state index < -0.39 is 32.1 Å². The van der Waals surface area contributed by atoms with Crippen molar-refractivity contribution in [3.63, 3.8) is 0 Å². The lowest BCUT2D eigenvalue weighted by atomic mass is 9.93. The molecule has 0 radical (unpaired) electrons. The van der Waals surface area contributed by atoms with Gasteiger partial charge in [-0.05, 0) is 37.1 Å². The Labute approximate surface area is 165 Å². The Morgan fingerprint density at radius 3 is 2.14 bits per heavy atom. The van der Waals surface area contributed by atoms with Gasteiger partial charge in [-0.3, -0.25) is 4.79 Å². The monoisotopic (exact) mass is 431 g/mol. The van der Waals surface area contributed by atoms with Crippen LogP contribution in [0.1, 0.15) is 49.9 Å². The number of alkyl halides is 3. The predicted octanol–water partition coefficient (Wildman–Crippen LogP) is 4.58. The number of hydrogen-bond donors (Lipinski definition) is 0. The Morgan fingerprint density at radius 2 is 1.71 bits per heavy atom. The normalized spacial score (nSPS) is 16.8. The van der Waals surface area contributed by atoms with Crippen LogP contribution in [0, 0.1) is 0 Å². The number of benzene rings is 1. The summed E-state index contributed by atoms with van der Waals surface area (Å²) in [5.74, 6) is -0.456. The minimum Gasteiger partial charge on any atom is -0.297 e. The minimum atomic E-state index is -4.55. The first-order valence-electron chi connectivity index (χ1n) is 8.67. The molecular formula is C19H20F3NO3S2. The molecule has 2 aromatic rings. The van der Waals surface area contributed by atoms with Gasteiger partial charge in [-0.25, -0.2) is 13.4 Å². The molecule has 1 aromatic carbocycles. The number of carbonyl (C=O) groups is 1. The number of thiazole rings is 1. The number of rotatable bonds is 5. The number of ketones is 1. The van der Waals surface area contributed by atoms with Crippen molar-refractivity contribution in [3.05, 3.63) is 45.9 Å². The molecule has 1 heterocycles. The third kappa shape index (κ3) is 3.74. The molecule has 3 rings (SSSR count). The lowest BCUT2D eigenvalue weighted by Crippen LogP contribution is -2.34. The van der Waals surface area contributed by atoms with Crippen molar-refractivity contribution in [3.8, 4) is 0 Å². The van der Waals surface area contributed by atoms with Gasteiger partial charge in [0.2, 0.25) is 0 Å². The van der Waals surface area contributed by atoms with E-state index in [4.69, 9.17) is 0 Å². The largest absolute Gasteiger partial charge is 0.416 e. The zero-order valence-electron chi connectivity index (χ0n) is 15.6. The van der Waals surface area contributed by atoms with Crippen LogP contribution in [0.2, 0.25) is 0 Å². The van der Waals surface area contributed by atoms with Crippen molar-refractivity contribution in [2.75, 3.05) is 0 Å². The maximum Gasteiger partial charge on any atom is 0.416 e. The van der Waals surface area contributed by atoms with E-state index >= 15 is 0 Å². The number of aromatic nitrogens is 1. The van der Waals surface area contributed by atoms with E-state index in [0.29, 0.717) is 5.01 Å². The Balaban J connectivity index is 1.83. The summed E-state index contributed by atoms with van der Waals surface area (Å²) in [5.41, 5.74) is -0.280. The second-order valence-corrected chi connectivity index (χ2v) is 11.2. The van der Waals surface area contributed by atoms with Crippen LogP contribution < -0.4 is 0 Å².